The quantitative estimate of drug-likeness (QED) is 0.261. The van der Waals surface area contributed by atoms with Crippen molar-refractivity contribution in [3.8, 4) is 11.1 Å². The van der Waals surface area contributed by atoms with Crippen LogP contribution in [0.3, 0.4) is 0 Å². The van der Waals surface area contributed by atoms with Crippen molar-refractivity contribution < 1.29 is 19.1 Å². The summed E-state index contributed by atoms with van der Waals surface area (Å²) in [6.07, 6.45) is 9.73. The van der Waals surface area contributed by atoms with E-state index in [-0.39, 0.29) is 12.1 Å². The summed E-state index contributed by atoms with van der Waals surface area (Å²) in [6.45, 7) is 3.78. The minimum Gasteiger partial charge on any atom is -0.453 e. The number of imidazole rings is 1. The molecular formula is C31H37N5O4. The first-order chi connectivity index (χ1) is 19.6. The highest BCUT2D eigenvalue weighted by Gasteiger charge is 2.25. The molecule has 3 heterocycles. The molecule has 1 fully saturated rings. The molecule has 40 heavy (non-hydrogen) atoms. The van der Waals surface area contributed by atoms with Crippen LogP contribution in [-0.4, -0.2) is 76.5 Å². The molecule has 4 aromatic rings. The largest absolute Gasteiger partial charge is 0.453 e. The summed E-state index contributed by atoms with van der Waals surface area (Å²) < 4.78 is 14.0. The first-order valence-electron chi connectivity index (χ1n) is 13.8. The van der Waals surface area contributed by atoms with E-state index in [1.54, 1.807) is 16.6 Å². The van der Waals surface area contributed by atoms with Gasteiger partial charge in [-0.05, 0) is 47.6 Å². The number of hydrogen-bond acceptors (Lipinski definition) is 5. The number of rotatable bonds is 9. The van der Waals surface area contributed by atoms with E-state index in [1.165, 1.54) is 12.5 Å². The van der Waals surface area contributed by atoms with Gasteiger partial charge in [-0.2, -0.15) is 0 Å². The fourth-order valence-corrected chi connectivity index (χ4v) is 5.50. The molecule has 0 saturated carbocycles. The minimum atomic E-state index is -0.263. The molecule has 0 spiro atoms. The van der Waals surface area contributed by atoms with Crippen molar-refractivity contribution in [3.05, 3.63) is 79.1 Å². The van der Waals surface area contributed by atoms with Crippen LogP contribution in [0.1, 0.15) is 25.0 Å². The maximum Gasteiger partial charge on any atom is 0.409 e. The van der Waals surface area contributed by atoms with E-state index in [1.807, 2.05) is 54.1 Å². The van der Waals surface area contributed by atoms with Gasteiger partial charge >= 0.3 is 12.1 Å². The Morgan fingerprint density at radius 3 is 2.65 bits per heavy atom. The van der Waals surface area contributed by atoms with Crippen LogP contribution < -0.4 is 0 Å². The van der Waals surface area contributed by atoms with Gasteiger partial charge in [0.15, 0.2) is 0 Å². The number of carbonyl (C=O) groups is 2. The fourth-order valence-electron chi connectivity index (χ4n) is 5.50. The number of nitrogens with zero attached hydrogens (tertiary/aromatic N) is 5. The number of aromatic nitrogens is 3. The van der Waals surface area contributed by atoms with Gasteiger partial charge in [0.25, 0.3) is 0 Å². The number of carbonyl (C=O) groups excluding carboxylic acids is 2. The minimum absolute atomic E-state index is 0.0817. The van der Waals surface area contributed by atoms with E-state index in [0.717, 1.165) is 48.0 Å². The Kier molecular flexibility index (Phi) is 8.81. The van der Waals surface area contributed by atoms with Crippen LogP contribution in [0.2, 0.25) is 0 Å². The number of likely N-dealkylation sites (tertiary alicyclic amines) is 1. The van der Waals surface area contributed by atoms with Gasteiger partial charge in [-0.3, -0.25) is 4.57 Å². The predicted octanol–water partition coefficient (Wildman–Crippen LogP) is 5.49. The van der Waals surface area contributed by atoms with Crippen molar-refractivity contribution in [2.24, 2.45) is 5.92 Å². The summed E-state index contributed by atoms with van der Waals surface area (Å²) in [5.74, 6) is 0.430. The second-order valence-electron chi connectivity index (χ2n) is 10.3. The van der Waals surface area contributed by atoms with Gasteiger partial charge in [-0.1, -0.05) is 42.5 Å². The van der Waals surface area contributed by atoms with Gasteiger partial charge in [0.1, 0.15) is 0 Å². The number of hydrogen-bond donors (Lipinski definition) is 0. The zero-order chi connectivity index (χ0) is 27.9. The van der Waals surface area contributed by atoms with Gasteiger partial charge in [0.2, 0.25) is 0 Å². The van der Waals surface area contributed by atoms with Gasteiger partial charge in [0.05, 0.1) is 25.7 Å². The lowest BCUT2D eigenvalue weighted by molar-refractivity contribution is 0.103. The van der Waals surface area contributed by atoms with E-state index < -0.39 is 0 Å². The molecule has 1 saturated heterocycles. The average Bonchev–Trinajstić information content (AvgIpc) is 3.66. The molecule has 1 aliphatic rings. The number of methoxy groups -OCH3 is 2. The molecule has 210 valence electrons. The molecular weight excluding hydrogens is 506 g/mol. The third-order valence-corrected chi connectivity index (χ3v) is 7.72. The lowest BCUT2D eigenvalue weighted by Gasteiger charge is -2.31. The standard InChI is InChI=1S/C31H37N5O4/c1-39-18-6-14-34(22-27-19-32-23-36(27)20-24-11-15-33(16-12-24)31(38)40-2)30(37)35-17-13-26(21-35)29-10-5-8-25-7-3-4-9-28(25)29/h3-5,7-10,13,17,19,21,23-24H,6,11-12,14-16,18,20,22H2,1-2H3. The molecule has 0 bridgehead atoms. The predicted molar refractivity (Wildman–Crippen MR) is 154 cm³/mol. The van der Waals surface area contributed by atoms with Gasteiger partial charge in [-0.25, -0.2) is 14.6 Å². The van der Waals surface area contributed by atoms with Crippen LogP contribution in [-0.2, 0) is 22.6 Å². The maximum absolute atomic E-state index is 13.8. The molecule has 0 unspecified atom stereocenters. The van der Waals surface area contributed by atoms with Crippen LogP contribution >= 0.6 is 0 Å². The second kappa shape index (κ2) is 12.8. The van der Waals surface area contributed by atoms with Crippen molar-refractivity contribution in [1.82, 2.24) is 23.9 Å². The molecule has 2 amide bonds. The molecule has 2 aromatic heterocycles. The Morgan fingerprint density at radius 2 is 1.85 bits per heavy atom. The molecule has 0 radical (unpaired) electrons. The van der Waals surface area contributed by atoms with Crippen molar-refractivity contribution in [2.75, 3.05) is 40.5 Å². The monoisotopic (exact) mass is 543 g/mol. The van der Waals surface area contributed by atoms with Crippen LogP contribution in [0.5, 0.6) is 0 Å². The molecule has 9 nitrogen and oxygen atoms in total. The first kappa shape index (κ1) is 27.5. The van der Waals surface area contributed by atoms with Gasteiger partial charge < -0.3 is 23.8 Å². The van der Waals surface area contributed by atoms with E-state index in [9.17, 15) is 9.59 Å². The molecule has 9 heteroatoms. The fraction of sp³-hybridized carbons (Fsp3) is 0.387. The van der Waals surface area contributed by atoms with Crippen molar-refractivity contribution >= 4 is 22.9 Å². The zero-order valence-electron chi connectivity index (χ0n) is 23.2. The number of amides is 2. The Balaban J connectivity index is 1.30. The van der Waals surface area contributed by atoms with E-state index in [4.69, 9.17) is 9.47 Å². The normalized spacial score (nSPS) is 14.0. The Bertz CT molecular complexity index is 1430. The van der Waals surface area contributed by atoms with Crippen molar-refractivity contribution in [1.29, 1.82) is 0 Å². The van der Waals surface area contributed by atoms with Crippen LogP contribution in [0, 0.1) is 5.92 Å². The molecule has 0 aliphatic carbocycles. The summed E-state index contributed by atoms with van der Waals surface area (Å²) in [6, 6.07) is 16.5. The third-order valence-electron chi connectivity index (χ3n) is 7.72. The van der Waals surface area contributed by atoms with Crippen LogP contribution in [0.15, 0.2) is 73.4 Å². The summed E-state index contributed by atoms with van der Waals surface area (Å²) in [7, 11) is 3.10. The van der Waals surface area contributed by atoms with Crippen LogP contribution in [0.4, 0.5) is 9.59 Å². The third kappa shape index (κ3) is 6.20. The lowest BCUT2D eigenvalue weighted by Crippen LogP contribution is -2.39. The number of piperidine rings is 1. The second-order valence-corrected chi connectivity index (χ2v) is 10.3. The highest BCUT2D eigenvalue weighted by molar-refractivity contribution is 5.97. The van der Waals surface area contributed by atoms with Crippen molar-refractivity contribution in [3.63, 3.8) is 0 Å². The van der Waals surface area contributed by atoms with E-state index in [0.29, 0.717) is 38.7 Å². The summed E-state index contributed by atoms with van der Waals surface area (Å²) in [4.78, 5) is 33.6. The Labute approximate surface area is 234 Å². The highest BCUT2D eigenvalue weighted by atomic mass is 16.5. The average molecular weight is 544 g/mol. The molecule has 0 N–H and O–H groups in total. The smallest absolute Gasteiger partial charge is 0.409 e. The number of benzene rings is 2. The summed E-state index contributed by atoms with van der Waals surface area (Å²) >= 11 is 0. The molecule has 2 aromatic carbocycles. The highest BCUT2D eigenvalue weighted by Crippen LogP contribution is 2.29. The first-order valence-corrected chi connectivity index (χ1v) is 13.8. The number of ether oxygens (including phenoxy) is 2. The summed E-state index contributed by atoms with van der Waals surface area (Å²) in [5.41, 5.74) is 3.10. The van der Waals surface area contributed by atoms with Gasteiger partial charge in [0, 0.05) is 64.0 Å². The van der Waals surface area contributed by atoms with Crippen LogP contribution in [0.25, 0.3) is 21.9 Å². The number of fused-ring (bicyclic) bond motifs is 1. The zero-order valence-corrected chi connectivity index (χ0v) is 23.2. The molecule has 5 rings (SSSR count). The topological polar surface area (TPSA) is 81.8 Å². The van der Waals surface area contributed by atoms with Gasteiger partial charge in [-0.15, -0.1) is 0 Å². The Hall–Kier alpha value is -4.11. The molecule has 1 aliphatic heterocycles. The SMILES string of the molecule is COCCCN(Cc1cncn1CC1CCN(C(=O)OC)CC1)C(=O)n1ccc(-c2cccc3ccccc23)c1. The van der Waals surface area contributed by atoms with Crippen molar-refractivity contribution in [2.45, 2.75) is 32.4 Å². The Morgan fingerprint density at radius 1 is 1.05 bits per heavy atom. The van der Waals surface area contributed by atoms with E-state index >= 15 is 0 Å². The maximum atomic E-state index is 13.8. The molecule has 0 atom stereocenters. The summed E-state index contributed by atoms with van der Waals surface area (Å²) in [5, 5.41) is 2.33. The lowest BCUT2D eigenvalue weighted by atomic mass is 9.97. The van der Waals surface area contributed by atoms with E-state index in [2.05, 4.69) is 33.8 Å².